The fraction of sp³-hybridized carbons (Fsp3) is 0.520. The van der Waals surface area contributed by atoms with E-state index in [1.165, 1.54) is 12.1 Å². The molecule has 188 valence electrons. The molecule has 1 amide bonds. The smallest absolute Gasteiger partial charge is 0.382 e. The molecule has 1 saturated heterocycles. The lowest BCUT2D eigenvalue weighted by Gasteiger charge is -2.38. The van der Waals surface area contributed by atoms with Gasteiger partial charge in [-0.25, -0.2) is 9.97 Å². The molecule has 0 bridgehead atoms. The summed E-state index contributed by atoms with van der Waals surface area (Å²) >= 11 is 0. The van der Waals surface area contributed by atoms with Crippen LogP contribution in [0.4, 0.5) is 13.2 Å². The molecule has 1 aromatic carbocycles. The summed E-state index contributed by atoms with van der Waals surface area (Å²) in [6, 6.07) is 6.20. The van der Waals surface area contributed by atoms with Crippen LogP contribution in [0.1, 0.15) is 60.3 Å². The maximum absolute atomic E-state index is 12.8. The fourth-order valence-corrected chi connectivity index (χ4v) is 5.08. The third-order valence-corrected chi connectivity index (χ3v) is 7.01. The minimum Gasteiger partial charge on any atom is -0.382 e. The summed E-state index contributed by atoms with van der Waals surface area (Å²) in [6.45, 7) is 1.44. The van der Waals surface area contributed by atoms with Gasteiger partial charge in [0.1, 0.15) is 5.60 Å². The van der Waals surface area contributed by atoms with Gasteiger partial charge in [0, 0.05) is 37.0 Å². The van der Waals surface area contributed by atoms with Gasteiger partial charge in [0.05, 0.1) is 12.1 Å². The number of alkyl halides is 3. The molecule has 4 rings (SSSR count). The van der Waals surface area contributed by atoms with Crippen molar-refractivity contribution in [3.63, 3.8) is 0 Å². The van der Waals surface area contributed by atoms with Gasteiger partial charge in [0.25, 0.3) is 5.91 Å². The van der Waals surface area contributed by atoms with Crippen molar-refractivity contribution < 1.29 is 27.9 Å². The van der Waals surface area contributed by atoms with Gasteiger partial charge in [0.2, 0.25) is 0 Å². The summed E-state index contributed by atoms with van der Waals surface area (Å²) in [5, 5.41) is 13.4. The second-order valence-corrected chi connectivity index (χ2v) is 9.49. The van der Waals surface area contributed by atoms with Crippen LogP contribution >= 0.6 is 0 Å². The first-order valence-electron chi connectivity index (χ1n) is 11.9. The van der Waals surface area contributed by atoms with Crippen LogP contribution in [0, 0.1) is 5.92 Å². The Morgan fingerprint density at radius 1 is 1.11 bits per heavy atom. The van der Waals surface area contributed by atoms with Gasteiger partial charge in [-0.05, 0) is 68.8 Å². The van der Waals surface area contributed by atoms with Gasteiger partial charge in [-0.2, -0.15) is 13.2 Å². The van der Waals surface area contributed by atoms with Crippen molar-refractivity contribution in [2.24, 2.45) is 5.92 Å². The van der Waals surface area contributed by atoms with Crippen molar-refractivity contribution in [2.75, 3.05) is 19.6 Å². The standard InChI is InChI=1S/C25H29F3N4O3/c26-25(27,28)19-4-1-3-18(14-19)22(34)31-15-21(33)13-17-7-12-32(16-17)20-5-8-24(35,9-6-20)23-29-10-2-11-30-23/h1-4,10-11,14,17,20,35H,5-9,12-13,15-16H2,(H,31,34)/t17-,20?,24?/m0/s1. The van der Waals surface area contributed by atoms with Crippen molar-refractivity contribution in [3.8, 4) is 0 Å². The first-order valence-corrected chi connectivity index (χ1v) is 11.9. The summed E-state index contributed by atoms with van der Waals surface area (Å²) < 4.78 is 38.5. The highest BCUT2D eigenvalue weighted by atomic mass is 19.4. The van der Waals surface area contributed by atoms with E-state index in [9.17, 15) is 27.9 Å². The first kappa shape index (κ1) is 25.2. The summed E-state index contributed by atoms with van der Waals surface area (Å²) in [5.41, 5.74) is -2.03. The number of ketones is 1. The number of halogens is 3. The van der Waals surface area contributed by atoms with Gasteiger partial charge >= 0.3 is 6.18 Å². The minimum absolute atomic E-state index is 0.127. The number of aliphatic hydroxyl groups is 1. The van der Waals surface area contributed by atoms with Gasteiger partial charge in [-0.1, -0.05) is 6.07 Å². The Kier molecular flexibility index (Phi) is 7.51. The van der Waals surface area contributed by atoms with Crippen LogP contribution in [0.25, 0.3) is 0 Å². The fourth-order valence-electron chi connectivity index (χ4n) is 5.08. The molecule has 0 radical (unpaired) electrons. The highest BCUT2D eigenvalue weighted by molar-refractivity contribution is 5.96. The number of likely N-dealkylation sites (tertiary alicyclic amines) is 1. The summed E-state index contributed by atoms with van der Waals surface area (Å²) in [6.07, 6.45) is 2.74. The molecule has 35 heavy (non-hydrogen) atoms. The van der Waals surface area contributed by atoms with Crippen LogP contribution in [0.2, 0.25) is 0 Å². The highest BCUT2D eigenvalue weighted by Gasteiger charge is 2.40. The predicted octanol–water partition coefficient (Wildman–Crippen LogP) is 3.34. The number of benzene rings is 1. The topological polar surface area (TPSA) is 95.4 Å². The molecule has 7 nitrogen and oxygen atoms in total. The lowest BCUT2D eigenvalue weighted by Crippen LogP contribution is -2.42. The number of Topliss-reactive ketones (excluding diaryl/α,β-unsaturated/α-hetero) is 1. The minimum atomic E-state index is -4.53. The molecule has 10 heteroatoms. The van der Waals surface area contributed by atoms with Crippen molar-refractivity contribution in [1.82, 2.24) is 20.2 Å². The second-order valence-electron chi connectivity index (χ2n) is 9.49. The molecule has 1 saturated carbocycles. The number of nitrogens with zero attached hydrogens (tertiary/aromatic N) is 3. The predicted molar refractivity (Wildman–Crippen MR) is 121 cm³/mol. The zero-order chi connectivity index (χ0) is 25.1. The molecule has 1 aliphatic carbocycles. The molecular formula is C25H29F3N4O3. The molecule has 0 spiro atoms. The van der Waals surface area contributed by atoms with E-state index >= 15 is 0 Å². The summed E-state index contributed by atoms with van der Waals surface area (Å²) in [7, 11) is 0. The van der Waals surface area contributed by atoms with Gasteiger partial charge < -0.3 is 15.3 Å². The van der Waals surface area contributed by atoms with E-state index in [2.05, 4.69) is 20.2 Å². The first-order chi connectivity index (χ1) is 16.6. The number of hydrogen-bond donors (Lipinski definition) is 2. The van der Waals surface area contributed by atoms with Crippen LogP contribution in [-0.4, -0.2) is 57.3 Å². The van der Waals surface area contributed by atoms with Crippen LogP contribution in [0.3, 0.4) is 0 Å². The Morgan fingerprint density at radius 3 is 2.51 bits per heavy atom. The number of carbonyl (C=O) groups excluding carboxylic acids is 2. The number of hydrogen-bond acceptors (Lipinski definition) is 6. The van der Waals surface area contributed by atoms with E-state index in [-0.39, 0.29) is 23.8 Å². The normalized spacial score (nSPS) is 25.4. The number of nitrogens with one attached hydrogen (secondary N) is 1. The van der Waals surface area contributed by atoms with E-state index in [0.717, 1.165) is 44.5 Å². The van der Waals surface area contributed by atoms with Gasteiger partial charge in [-0.3, -0.25) is 9.59 Å². The zero-order valence-electron chi connectivity index (χ0n) is 19.3. The Hall–Kier alpha value is -2.85. The average Bonchev–Trinajstić information content (AvgIpc) is 3.31. The molecule has 0 unspecified atom stereocenters. The van der Waals surface area contributed by atoms with Crippen molar-refractivity contribution >= 4 is 11.7 Å². The zero-order valence-corrected chi connectivity index (χ0v) is 19.3. The Labute approximate surface area is 201 Å². The van der Waals surface area contributed by atoms with Crippen LogP contribution < -0.4 is 5.32 Å². The Morgan fingerprint density at radius 2 is 1.83 bits per heavy atom. The Bertz CT molecular complexity index is 1040. The van der Waals surface area contributed by atoms with Crippen molar-refractivity contribution in [3.05, 3.63) is 59.7 Å². The van der Waals surface area contributed by atoms with E-state index in [1.54, 1.807) is 18.5 Å². The third kappa shape index (κ3) is 6.24. The molecule has 2 aromatic rings. The molecule has 2 aliphatic rings. The highest BCUT2D eigenvalue weighted by Crippen LogP contribution is 2.38. The SMILES string of the molecule is O=C(CNC(=O)c1cccc(C(F)(F)F)c1)C[C@@H]1CCN(C2CCC(O)(c3ncccn3)CC2)C1. The van der Waals surface area contributed by atoms with E-state index in [4.69, 9.17) is 0 Å². The third-order valence-electron chi connectivity index (χ3n) is 7.01. The summed E-state index contributed by atoms with van der Waals surface area (Å²) in [5.74, 6) is -0.201. The van der Waals surface area contributed by atoms with Crippen molar-refractivity contribution in [2.45, 2.75) is 56.3 Å². The monoisotopic (exact) mass is 490 g/mol. The number of carbonyl (C=O) groups is 2. The number of rotatable bonds is 7. The van der Waals surface area contributed by atoms with E-state index in [0.29, 0.717) is 31.1 Å². The molecule has 1 aromatic heterocycles. The van der Waals surface area contributed by atoms with Crippen LogP contribution in [0.5, 0.6) is 0 Å². The number of aromatic nitrogens is 2. The molecule has 1 atom stereocenters. The molecular weight excluding hydrogens is 461 g/mol. The largest absolute Gasteiger partial charge is 0.416 e. The lowest BCUT2D eigenvalue weighted by atomic mass is 9.81. The summed E-state index contributed by atoms with van der Waals surface area (Å²) in [4.78, 5) is 35.4. The van der Waals surface area contributed by atoms with Crippen LogP contribution in [-0.2, 0) is 16.6 Å². The average molecular weight is 491 g/mol. The van der Waals surface area contributed by atoms with Crippen molar-refractivity contribution in [1.29, 1.82) is 0 Å². The second kappa shape index (κ2) is 10.4. The lowest BCUT2D eigenvalue weighted by molar-refractivity contribution is -0.137. The molecule has 2 heterocycles. The molecule has 2 N–H and O–H groups in total. The van der Waals surface area contributed by atoms with E-state index < -0.39 is 23.2 Å². The van der Waals surface area contributed by atoms with Gasteiger partial charge in [0.15, 0.2) is 11.6 Å². The molecule has 1 aliphatic heterocycles. The van der Waals surface area contributed by atoms with Crippen LogP contribution in [0.15, 0.2) is 42.7 Å². The van der Waals surface area contributed by atoms with E-state index in [1.807, 2.05) is 0 Å². The molecule has 2 fully saturated rings. The Balaban J connectivity index is 1.21. The number of amides is 1. The maximum atomic E-state index is 12.8. The van der Waals surface area contributed by atoms with Gasteiger partial charge in [-0.15, -0.1) is 0 Å². The quantitative estimate of drug-likeness (QED) is 0.618. The maximum Gasteiger partial charge on any atom is 0.416 e.